The van der Waals surface area contributed by atoms with Crippen molar-refractivity contribution >= 4 is 24.1 Å². The molecule has 1 atom stereocenters. The fourth-order valence-corrected chi connectivity index (χ4v) is 1.13. The van der Waals surface area contributed by atoms with Crippen LogP contribution in [0.3, 0.4) is 0 Å². The number of nitrogens with one attached hydrogen (secondary N) is 2. The summed E-state index contributed by atoms with van der Waals surface area (Å²) in [5, 5.41) is 14.8. The number of carbonyl (C=O) groups is 1. The number of hydrogen-bond donors (Lipinski definition) is 3. The average molecular weight is 246 g/mol. The molecule has 3 N–H and O–H groups in total. The molecular formula is C10H16ClN3O2. The molecule has 1 rings (SSSR count). The van der Waals surface area contributed by atoms with Gasteiger partial charge in [-0.05, 0) is 19.2 Å². The number of aromatic nitrogens is 1. The Labute approximate surface area is 101 Å². The molecule has 16 heavy (non-hydrogen) atoms. The summed E-state index contributed by atoms with van der Waals surface area (Å²) in [4.78, 5) is 15.4. The van der Waals surface area contributed by atoms with Crippen molar-refractivity contribution in [3.05, 3.63) is 18.3 Å². The van der Waals surface area contributed by atoms with Crippen molar-refractivity contribution in [1.82, 2.24) is 10.3 Å². The summed E-state index contributed by atoms with van der Waals surface area (Å²) in [6.45, 7) is 2.38. The van der Waals surface area contributed by atoms with E-state index in [1.54, 1.807) is 20.0 Å². The second kappa shape index (κ2) is 7.03. The molecule has 0 aromatic carbocycles. The summed E-state index contributed by atoms with van der Waals surface area (Å²) in [7, 11) is 1.78. The molecule has 90 valence electrons. The molecule has 1 aromatic rings. The molecule has 0 radical (unpaired) electrons. The van der Waals surface area contributed by atoms with Crippen LogP contribution in [0.5, 0.6) is 5.75 Å². The molecule has 0 aliphatic rings. The Bertz CT molecular complexity index is 347. The number of carbonyl (C=O) groups excluding carboxylic acids is 1. The van der Waals surface area contributed by atoms with Gasteiger partial charge < -0.3 is 15.7 Å². The molecule has 0 saturated heterocycles. The molecule has 0 spiro atoms. The fraction of sp³-hybridized carbons (Fsp3) is 0.400. The molecule has 0 bridgehead atoms. The van der Waals surface area contributed by atoms with Crippen molar-refractivity contribution in [2.45, 2.75) is 6.92 Å². The lowest BCUT2D eigenvalue weighted by Crippen LogP contribution is -2.28. The van der Waals surface area contributed by atoms with E-state index in [9.17, 15) is 9.90 Å². The van der Waals surface area contributed by atoms with Gasteiger partial charge in [-0.2, -0.15) is 0 Å². The molecule has 5 nitrogen and oxygen atoms in total. The second-order valence-electron chi connectivity index (χ2n) is 3.32. The largest absolute Gasteiger partial charge is 0.504 e. The monoisotopic (exact) mass is 245 g/mol. The van der Waals surface area contributed by atoms with Crippen LogP contribution in [0.2, 0.25) is 0 Å². The molecule has 1 unspecified atom stereocenters. The van der Waals surface area contributed by atoms with Crippen LogP contribution in [-0.4, -0.2) is 29.6 Å². The minimum Gasteiger partial charge on any atom is -0.504 e. The maximum absolute atomic E-state index is 11.6. The first-order chi connectivity index (χ1) is 7.15. The first-order valence-electron chi connectivity index (χ1n) is 4.74. The zero-order valence-corrected chi connectivity index (χ0v) is 10.0. The highest BCUT2D eigenvalue weighted by molar-refractivity contribution is 5.92. The van der Waals surface area contributed by atoms with Crippen molar-refractivity contribution in [3.8, 4) is 5.75 Å². The summed E-state index contributed by atoms with van der Waals surface area (Å²) < 4.78 is 0. The standard InChI is InChI=1S/C10H15N3O2.ClH/c1-7(6-11-2)10(15)13-9-8(14)4-3-5-12-9;/h3-5,7,11,14H,6H2,1-2H3,(H,12,13,15);1H. The summed E-state index contributed by atoms with van der Waals surface area (Å²) in [6, 6.07) is 3.08. The Hall–Kier alpha value is -1.33. The topological polar surface area (TPSA) is 74.2 Å². The van der Waals surface area contributed by atoms with E-state index >= 15 is 0 Å². The van der Waals surface area contributed by atoms with Crippen molar-refractivity contribution in [3.63, 3.8) is 0 Å². The summed E-state index contributed by atoms with van der Waals surface area (Å²) in [6.07, 6.45) is 1.51. The normalized spacial score (nSPS) is 11.4. The van der Waals surface area contributed by atoms with Gasteiger partial charge in [0.2, 0.25) is 5.91 Å². The lowest BCUT2D eigenvalue weighted by molar-refractivity contribution is -0.119. The van der Waals surface area contributed by atoms with E-state index in [2.05, 4.69) is 15.6 Å². The lowest BCUT2D eigenvalue weighted by atomic mass is 10.1. The predicted molar refractivity (Wildman–Crippen MR) is 64.9 cm³/mol. The third-order valence-electron chi connectivity index (χ3n) is 1.99. The number of pyridine rings is 1. The Morgan fingerprint density at radius 2 is 2.31 bits per heavy atom. The van der Waals surface area contributed by atoms with Crippen LogP contribution in [0, 0.1) is 5.92 Å². The van der Waals surface area contributed by atoms with E-state index in [1.165, 1.54) is 12.3 Å². The summed E-state index contributed by atoms with van der Waals surface area (Å²) >= 11 is 0. The van der Waals surface area contributed by atoms with Gasteiger partial charge in [-0.25, -0.2) is 4.98 Å². The fourth-order valence-electron chi connectivity index (χ4n) is 1.13. The van der Waals surface area contributed by atoms with Gasteiger partial charge in [-0.1, -0.05) is 6.92 Å². The van der Waals surface area contributed by atoms with E-state index in [4.69, 9.17) is 0 Å². The van der Waals surface area contributed by atoms with Crippen molar-refractivity contribution in [2.24, 2.45) is 5.92 Å². The Morgan fingerprint density at radius 1 is 1.62 bits per heavy atom. The number of aromatic hydroxyl groups is 1. The third kappa shape index (κ3) is 4.04. The molecule has 1 heterocycles. The van der Waals surface area contributed by atoms with Crippen LogP contribution < -0.4 is 10.6 Å². The molecule has 0 fully saturated rings. The van der Waals surface area contributed by atoms with E-state index in [0.717, 1.165) is 0 Å². The van der Waals surface area contributed by atoms with Crippen molar-refractivity contribution < 1.29 is 9.90 Å². The highest BCUT2D eigenvalue weighted by atomic mass is 35.5. The number of hydrogen-bond acceptors (Lipinski definition) is 4. The van der Waals surface area contributed by atoms with Crippen LogP contribution in [0.4, 0.5) is 5.82 Å². The van der Waals surface area contributed by atoms with Gasteiger partial charge in [-0.3, -0.25) is 4.79 Å². The highest BCUT2D eigenvalue weighted by Gasteiger charge is 2.13. The third-order valence-corrected chi connectivity index (χ3v) is 1.99. The number of anilines is 1. The Balaban J connectivity index is 0.00000225. The van der Waals surface area contributed by atoms with Crippen LogP contribution >= 0.6 is 12.4 Å². The summed E-state index contributed by atoms with van der Waals surface area (Å²) in [5.41, 5.74) is 0. The molecule has 1 amide bonds. The van der Waals surface area contributed by atoms with Gasteiger partial charge in [0.15, 0.2) is 11.6 Å². The molecule has 1 aromatic heterocycles. The number of rotatable bonds is 4. The van der Waals surface area contributed by atoms with Gasteiger partial charge in [0.05, 0.1) is 0 Å². The van der Waals surface area contributed by atoms with E-state index in [1.807, 2.05) is 0 Å². The van der Waals surface area contributed by atoms with E-state index in [0.29, 0.717) is 6.54 Å². The smallest absolute Gasteiger partial charge is 0.229 e. The maximum atomic E-state index is 11.6. The quantitative estimate of drug-likeness (QED) is 0.740. The summed E-state index contributed by atoms with van der Waals surface area (Å²) in [5.74, 6) is -0.164. The van der Waals surface area contributed by atoms with Crippen molar-refractivity contribution in [1.29, 1.82) is 0 Å². The molecule has 0 saturated carbocycles. The van der Waals surface area contributed by atoms with Crippen molar-refractivity contribution in [2.75, 3.05) is 18.9 Å². The Morgan fingerprint density at radius 3 is 2.88 bits per heavy atom. The second-order valence-corrected chi connectivity index (χ2v) is 3.32. The Kier molecular flexibility index (Phi) is 6.44. The van der Waals surface area contributed by atoms with Gasteiger partial charge in [0.1, 0.15) is 0 Å². The average Bonchev–Trinajstić information content (AvgIpc) is 2.21. The predicted octanol–water partition coefficient (Wildman–Crippen LogP) is 1.00. The minimum atomic E-state index is -0.170. The molecular weight excluding hydrogens is 230 g/mol. The molecule has 0 aliphatic carbocycles. The van der Waals surface area contributed by atoms with E-state index < -0.39 is 0 Å². The first-order valence-corrected chi connectivity index (χ1v) is 4.74. The lowest BCUT2D eigenvalue weighted by Gasteiger charge is -2.11. The zero-order chi connectivity index (χ0) is 11.3. The molecule has 6 heteroatoms. The van der Waals surface area contributed by atoms with Gasteiger partial charge in [-0.15, -0.1) is 12.4 Å². The molecule has 0 aliphatic heterocycles. The highest BCUT2D eigenvalue weighted by Crippen LogP contribution is 2.18. The minimum absolute atomic E-state index is 0. The van der Waals surface area contributed by atoms with Crippen LogP contribution in [-0.2, 0) is 4.79 Å². The van der Waals surface area contributed by atoms with Crippen LogP contribution in [0.1, 0.15) is 6.92 Å². The zero-order valence-electron chi connectivity index (χ0n) is 9.23. The van der Waals surface area contributed by atoms with Gasteiger partial charge in [0.25, 0.3) is 0 Å². The SMILES string of the molecule is CNCC(C)C(=O)Nc1ncccc1O.Cl. The van der Waals surface area contributed by atoms with Gasteiger partial charge >= 0.3 is 0 Å². The van der Waals surface area contributed by atoms with Gasteiger partial charge in [0, 0.05) is 18.7 Å². The number of amides is 1. The maximum Gasteiger partial charge on any atom is 0.229 e. The number of nitrogens with zero attached hydrogens (tertiary/aromatic N) is 1. The van der Waals surface area contributed by atoms with Crippen LogP contribution in [0.25, 0.3) is 0 Å². The van der Waals surface area contributed by atoms with Crippen LogP contribution in [0.15, 0.2) is 18.3 Å². The number of halogens is 1. The first kappa shape index (κ1) is 14.7. The van der Waals surface area contributed by atoms with E-state index in [-0.39, 0.29) is 35.8 Å².